The van der Waals surface area contributed by atoms with E-state index in [1.54, 1.807) is 0 Å². The second-order valence-electron chi connectivity index (χ2n) is 6.84. The zero-order chi connectivity index (χ0) is 16.2. The Kier molecular flexibility index (Phi) is 7.77. The Balaban J connectivity index is 0.00000264. The summed E-state index contributed by atoms with van der Waals surface area (Å²) in [6, 6.07) is 0. The molecule has 0 radical (unpaired) electrons. The molecule has 1 saturated heterocycles. The Hall–Kier alpha value is -0.370. The number of amides is 1. The number of rotatable bonds is 4. The van der Waals surface area contributed by atoms with Gasteiger partial charge in [-0.15, -0.1) is 12.4 Å². The Morgan fingerprint density at radius 3 is 2.26 bits per heavy atom. The lowest BCUT2D eigenvalue weighted by Gasteiger charge is -2.37. The molecule has 0 atom stereocenters. The van der Waals surface area contributed by atoms with Crippen LogP contribution in [0.4, 0.5) is 0 Å². The topological polar surface area (TPSA) is 83.7 Å². The molecule has 2 rings (SSSR count). The van der Waals surface area contributed by atoms with Gasteiger partial charge in [-0.2, -0.15) is 0 Å². The Bertz CT molecular complexity index is 492. The van der Waals surface area contributed by atoms with Gasteiger partial charge in [0.05, 0.1) is 6.26 Å². The van der Waals surface area contributed by atoms with Crippen LogP contribution in [0.3, 0.4) is 0 Å². The molecule has 0 spiro atoms. The molecule has 1 amide bonds. The number of hydrogen-bond acceptors (Lipinski definition) is 4. The smallest absolute Gasteiger partial charge is 0.223 e. The molecule has 2 N–H and O–H groups in total. The van der Waals surface area contributed by atoms with E-state index in [0.717, 1.165) is 25.7 Å². The van der Waals surface area contributed by atoms with E-state index in [1.165, 1.54) is 17.0 Å². The van der Waals surface area contributed by atoms with Crippen molar-refractivity contribution in [3.63, 3.8) is 0 Å². The number of carbonyl (C=O) groups is 1. The molecule has 0 aromatic carbocycles. The predicted octanol–water partition coefficient (Wildman–Crippen LogP) is 1.20. The van der Waals surface area contributed by atoms with Gasteiger partial charge in [0.15, 0.2) is 0 Å². The Morgan fingerprint density at radius 1 is 1.04 bits per heavy atom. The van der Waals surface area contributed by atoms with Gasteiger partial charge in [-0.3, -0.25) is 4.79 Å². The third kappa shape index (κ3) is 5.59. The summed E-state index contributed by atoms with van der Waals surface area (Å²) in [4.78, 5) is 14.5. The summed E-state index contributed by atoms with van der Waals surface area (Å²) in [5, 5.41) is 0. The first-order valence-corrected chi connectivity index (χ1v) is 10.1. The first kappa shape index (κ1) is 20.7. The van der Waals surface area contributed by atoms with Crippen LogP contribution >= 0.6 is 12.4 Å². The van der Waals surface area contributed by atoms with Crippen LogP contribution in [0.1, 0.15) is 44.9 Å². The highest BCUT2D eigenvalue weighted by Gasteiger charge is 2.35. The standard InChI is InChI=1S/C15H29N3O3S.ClH/c1-22(20,21)18-9-5-8-17(10-11-18)14(19)12-15(13-16)6-3-2-4-7-15;/h2-13,16H2,1H3;1H. The third-order valence-electron chi connectivity index (χ3n) is 5.15. The molecule has 8 heteroatoms. The summed E-state index contributed by atoms with van der Waals surface area (Å²) in [5.41, 5.74) is 5.94. The van der Waals surface area contributed by atoms with Crippen LogP contribution in [0.2, 0.25) is 0 Å². The number of carbonyl (C=O) groups excluding carboxylic acids is 1. The van der Waals surface area contributed by atoms with E-state index in [9.17, 15) is 13.2 Å². The maximum atomic E-state index is 12.6. The fourth-order valence-corrected chi connectivity index (χ4v) is 4.54. The lowest BCUT2D eigenvalue weighted by Crippen LogP contribution is -2.42. The average molecular weight is 368 g/mol. The molecular weight excluding hydrogens is 338 g/mol. The van der Waals surface area contributed by atoms with Crippen molar-refractivity contribution in [2.24, 2.45) is 11.1 Å². The molecule has 0 unspecified atom stereocenters. The van der Waals surface area contributed by atoms with Crippen molar-refractivity contribution in [3.05, 3.63) is 0 Å². The number of halogens is 1. The van der Waals surface area contributed by atoms with Crippen molar-refractivity contribution in [2.45, 2.75) is 44.9 Å². The number of sulfonamides is 1. The molecular formula is C15H30ClN3O3S. The van der Waals surface area contributed by atoms with Crippen LogP contribution in [0.25, 0.3) is 0 Å². The molecule has 2 aliphatic rings. The minimum atomic E-state index is -3.17. The Labute approximate surface area is 146 Å². The molecule has 1 aliphatic heterocycles. The second-order valence-corrected chi connectivity index (χ2v) is 8.82. The van der Waals surface area contributed by atoms with Gasteiger partial charge in [-0.25, -0.2) is 12.7 Å². The van der Waals surface area contributed by atoms with Crippen LogP contribution in [0.15, 0.2) is 0 Å². The zero-order valence-electron chi connectivity index (χ0n) is 14.0. The highest BCUT2D eigenvalue weighted by molar-refractivity contribution is 7.88. The second kappa shape index (κ2) is 8.65. The van der Waals surface area contributed by atoms with Crippen molar-refractivity contribution < 1.29 is 13.2 Å². The molecule has 0 bridgehead atoms. The summed E-state index contributed by atoms with van der Waals surface area (Å²) in [6.07, 6.45) is 8.09. The third-order valence-corrected chi connectivity index (χ3v) is 6.45. The summed E-state index contributed by atoms with van der Waals surface area (Å²) in [6.45, 7) is 2.62. The van der Waals surface area contributed by atoms with Crippen LogP contribution in [-0.2, 0) is 14.8 Å². The molecule has 6 nitrogen and oxygen atoms in total. The fraction of sp³-hybridized carbons (Fsp3) is 0.933. The maximum Gasteiger partial charge on any atom is 0.223 e. The van der Waals surface area contributed by atoms with E-state index in [4.69, 9.17) is 5.73 Å². The van der Waals surface area contributed by atoms with Crippen LogP contribution in [0.5, 0.6) is 0 Å². The summed E-state index contributed by atoms with van der Waals surface area (Å²) >= 11 is 0. The first-order valence-electron chi connectivity index (χ1n) is 8.29. The molecule has 23 heavy (non-hydrogen) atoms. The lowest BCUT2D eigenvalue weighted by atomic mass is 9.71. The molecule has 136 valence electrons. The van der Waals surface area contributed by atoms with E-state index in [-0.39, 0.29) is 23.7 Å². The molecule has 0 aromatic rings. The van der Waals surface area contributed by atoms with Crippen molar-refractivity contribution in [1.29, 1.82) is 0 Å². The van der Waals surface area contributed by atoms with Crippen LogP contribution in [-0.4, -0.2) is 62.5 Å². The van der Waals surface area contributed by atoms with Crippen LogP contribution in [0, 0.1) is 5.41 Å². The fourth-order valence-electron chi connectivity index (χ4n) is 3.66. The van der Waals surface area contributed by atoms with Crippen molar-refractivity contribution in [1.82, 2.24) is 9.21 Å². The van der Waals surface area contributed by atoms with Gasteiger partial charge in [0, 0.05) is 32.6 Å². The van der Waals surface area contributed by atoms with E-state index < -0.39 is 10.0 Å². The van der Waals surface area contributed by atoms with Gasteiger partial charge in [0.25, 0.3) is 0 Å². The number of nitrogens with two attached hydrogens (primary N) is 1. The summed E-state index contributed by atoms with van der Waals surface area (Å²) in [5.74, 6) is 0.141. The van der Waals surface area contributed by atoms with Gasteiger partial charge < -0.3 is 10.6 Å². The minimum Gasteiger partial charge on any atom is -0.341 e. The van der Waals surface area contributed by atoms with Gasteiger partial charge in [0.2, 0.25) is 15.9 Å². The van der Waals surface area contributed by atoms with E-state index in [1.807, 2.05) is 4.90 Å². The molecule has 0 aromatic heterocycles. The van der Waals surface area contributed by atoms with Gasteiger partial charge in [0.1, 0.15) is 0 Å². The van der Waals surface area contributed by atoms with Crippen LogP contribution < -0.4 is 5.73 Å². The highest BCUT2D eigenvalue weighted by atomic mass is 35.5. The number of hydrogen-bond donors (Lipinski definition) is 1. The van der Waals surface area contributed by atoms with Crippen molar-refractivity contribution in [2.75, 3.05) is 39.0 Å². The Morgan fingerprint density at radius 2 is 1.70 bits per heavy atom. The van der Waals surface area contributed by atoms with E-state index >= 15 is 0 Å². The zero-order valence-corrected chi connectivity index (χ0v) is 15.6. The highest BCUT2D eigenvalue weighted by Crippen LogP contribution is 2.38. The van der Waals surface area contributed by atoms with Crippen molar-refractivity contribution >= 4 is 28.3 Å². The molecule has 1 saturated carbocycles. The van der Waals surface area contributed by atoms with Crippen molar-refractivity contribution in [3.8, 4) is 0 Å². The normalized spacial score (nSPS) is 23.0. The molecule has 1 heterocycles. The van der Waals surface area contributed by atoms with Gasteiger partial charge in [-0.1, -0.05) is 19.3 Å². The van der Waals surface area contributed by atoms with Gasteiger partial charge >= 0.3 is 0 Å². The lowest BCUT2D eigenvalue weighted by molar-refractivity contribution is -0.134. The summed E-state index contributed by atoms with van der Waals surface area (Å²) < 4.78 is 24.7. The van der Waals surface area contributed by atoms with E-state index in [0.29, 0.717) is 45.6 Å². The first-order chi connectivity index (χ1) is 10.4. The summed E-state index contributed by atoms with van der Waals surface area (Å²) in [7, 11) is -3.17. The largest absolute Gasteiger partial charge is 0.341 e. The van der Waals surface area contributed by atoms with Gasteiger partial charge in [-0.05, 0) is 31.2 Å². The monoisotopic (exact) mass is 367 g/mol. The average Bonchev–Trinajstić information content (AvgIpc) is 2.74. The molecule has 1 aliphatic carbocycles. The maximum absolute atomic E-state index is 12.6. The minimum absolute atomic E-state index is 0. The number of nitrogens with zero attached hydrogens (tertiary/aromatic N) is 2. The SMILES string of the molecule is CS(=O)(=O)N1CCCN(C(=O)CC2(CN)CCCCC2)CC1.Cl. The molecule has 2 fully saturated rings. The quantitative estimate of drug-likeness (QED) is 0.809. The van der Waals surface area contributed by atoms with E-state index in [2.05, 4.69) is 0 Å². The predicted molar refractivity (Wildman–Crippen MR) is 94.1 cm³/mol.